The number of allylic oxidation sites excluding steroid dienone is 1. The third-order valence-corrected chi connectivity index (χ3v) is 7.72. The Labute approximate surface area is 232 Å². The highest BCUT2D eigenvalue weighted by atomic mass is 19.1. The molecule has 3 aromatic rings. The zero-order valence-corrected chi connectivity index (χ0v) is 22.2. The number of ketones is 1. The van der Waals surface area contributed by atoms with E-state index in [1.54, 1.807) is 18.2 Å². The first kappa shape index (κ1) is 25.8. The van der Waals surface area contributed by atoms with Crippen LogP contribution in [0.4, 0.5) is 10.1 Å². The van der Waals surface area contributed by atoms with E-state index in [-0.39, 0.29) is 23.3 Å². The lowest BCUT2D eigenvalue weighted by Gasteiger charge is -2.42. The highest BCUT2D eigenvalue weighted by Gasteiger charge is 2.39. The smallest absolute Gasteiger partial charge is 0.256 e. The van der Waals surface area contributed by atoms with Crippen molar-refractivity contribution < 1.29 is 18.7 Å². The average molecular weight is 536 g/mol. The van der Waals surface area contributed by atoms with E-state index in [0.29, 0.717) is 37.4 Å². The molecule has 7 heteroatoms. The van der Waals surface area contributed by atoms with Crippen molar-refractivity contribution in [2.24, 2.45) is 5.92 Å². The van der Waals surface area contributed by atoms with Crippen LogP contribution in [0.25, 0.3) is 11.1 Å². The molecule has 6 rings (SSSR count). The van der Waals surface area contributed by atoms with E-state index in [1.807, 2.05) is 67.9 Å². The first-order valence-corrected chi connectivity index (χ1v) is 13.5. The minimum absolute atomic E-state index is 0.0219. The Morgan fingerprint density at radius 1 is 1.02 bits per heavy atom. The van der Waals surface area contributed by atoms with E-state index in [9.17, 15) is 9.59 Å². The first-order valence-electron chi connectivity index (χ1n) is 13.5. The lowest BCUT2D eigenvalue weighted by Crippen LogP contribution is -2.48. The number of nitrogens with zero attached hydrogens (tertiary/aromatic N) is 1. The Bertz CT molecular complexity index is 1560. The minimum Gasteiger partial charge on any atom is -0.373 e. The van der Waals surface area contributed by atoms with Gasteiger partial charge in [-0.1, -0.05) is 60.2 Å². The fraction of sp³-hybridized carbons (Fsp3) is 0.212. The molecule has 0 radical (unpaired) electrons. The van der Waals surface area contributed by atoms with Crippen molar-refractivity contribution in [1.82, 2.24) is 10.2 Å². The number of benzene rings is 3. The lowest BCUT2D eigenvalue weighted by atomic mass is 9.79. The summed E-state index contributed by atoms with van der Waals surface area (Å²) >= 11 is 0. The summed E-state index contributed by atoms with van der Waals surface area (Å²) in [6, 6.07) is 19.3. The van der Waals surface area contributed by atoms with Gasteiger partial charge in [0, 0.05) is 30.2 Å². The Morgan fingerprint density at radius 2 is 1.85 bits per heavy atom. The van der Waals surface area contributed by atoms with Crippen LogP contribution in [-0.2, 0) is 4.74 Å². The van der Waals surface area contributed by atoms with Gasteiger partial charge < -0.3 is 20.3 Å². The van der Waals surface area contributed by atoms with Gasteiger partial charge in [-0.05, 0) is 54.3 Å². The topological polar surface area (TPSA) is 70.7 Å². The molecule has 0 bridgehead atoms. The van der Waals surface area contributed by atoms with Crippen LogP contribution in [0.2, 0.25) is 0 Å². The molecular weight excluding hydrogens is 505 g/mol. The van der Waals surface area contributed by atoms with Crippen molar-refractivity contribution >= 4 is 17.4 Å². The lowest BCUT2D eigenvalue weighted by molar-refractivity contribution is 0.0454. The van der Waals surface area contributed by atoms with Gasteiger partial charge in [0.15, 0.2) is 5.78 Å². The van der Waals surface area contributed by atoms with E-state index in [2.05, 4.69) is 15.5 Å². The highest BCUT2D eigenvalue weighted by Crippen LogP contribution is 2.35. The summed E-state index contributed by atoms with van der Waals surface area (Å²) in [6.07, 6.45) is 8.30. The standard InChI is InChI=1S/C33H30FN3O3/c1-21-9-11-22(12-10-21)26-6-2-3-7-27(26)33(39)36-24-13-14-28(30(34)17-24)32(38)29-8-4-5-23-18-35-19-25-20-40-16-15-37(25)31(23)29/h2-7,9-14,17-19,29,31,35H,8,15-16,20H2,1H3,(H,36,39). The molecule has 1 amide bonds. The number of carbonyl (C=O) groups is 2. The number of halogens is 1. The van der Waals surface area contributed by atoms with Crippen molar-refractivity contribution in [1.29, 1.82) is 0 Å². The summed E-state index contributed by atoms with van der Waals surface area (Å²) in [5, 5.41) is 6.00. The number of anilines is 1. The molecule has 3 aliphatic rings. The Morgan fingerprint density at radius 3 is 2.67 bits per heavy atom. The number of amides is 1. The average Bonchev–Trinajstić information content (AvgIpc) is 3.17. The molecule has 2 atom stereocenters. The molecule has 0 aromatic heterocycles. The van der Waals surface area contributed by atoms with Gasteiger partial charge >= 0.3 is 0 Å². The van der Waals surface area contributed by atoms with Crippen molar-refractivity contribution in [2.75, 3.05) is 25.1 Å². The van der Waals surface area contributed by atoms with E-state index in [0.717, 1.165) is 28.0 Å². The maximum atomic E-state index is 15.5. The van der Waals surface area contributed by atoms with Crippen molar-refractivity contribution in [3.05, 3.63) is 125 Å². The summed E-state index contributed by atoms with van der Waals surface area (Å²) in [4.78, 5) is 29.2. The molecule has 1 saturated heterocycles. The molecule has 0 spiro atoms. The number of morpholine rings is 1. The molecule has 2 N–H and O–H groups in total. The number of hydrogen-bond acceptors (Lipinski definition) is 5. The zero-order chi connectivity index (χ0) is 27.6. The van der Waals surface area contributed by atoms with E-state index in [1.165, 1.54) is 12.1 Å². The number of aryl methyl sites for hydroxylation is 1. The quantitative estimate of drug-likeness (QED) is 0.402. The van der Waals surface area contributed by atoms with Gasteiger partial charge in [0.2, 0.25) is 0 Å². The number of carbonyl (C=O) groups excluding carboxylic acids is 2. The molecule has 2 heterocycles. The van der Waals surface area contributed by atoms with Crippen LogP contribution in [0.15, 0.2) is 103 Å². The fourth-order valence-electron chi connectivity index (χ4n) is 5.69. The highest BCUT2D eigenvalue weighted by molar-refractivity contribution is 6.09. The second kappa shape index (κ2) is 10.9. The zero-order valence-electron chi connectivity index (χ0n) is 22.2. The maximum Gasteiger partial charge on any atom is 0.256 e. The van der Waals surface area contributed by atoms with Crippen LogP contribution in [0.1, 0.15) is 32.7 Å². The number of ether oxygens (including phenoxy) is 1. The van der Waals surface area contributed by atoms with Gasteiger partial charge in [-0.25, -0.2) is 4.39 Å². The molecule has 6 nitrogen and oxygen atoms in total. The van der Waals surface area contributed by atoms with Gasteiger partial charge in [-0.2, -0.15) is 0 Å². The molecule has 1 fully saturated rings. The molecule has 0 saturated carbocycles. The van der Waals surface area contributed by atoms with Gasteiger partial charge in [0.25, 0.3) is 5.91 Å². The molecular formula is C33H30FN3O3. The number of rotatable bonds is 5. The van der Waals surface area contributed by atoms with Crippen LogP contribution in [0.3, 0.4) is 0 Å². The summed E-state index contributed by atoms with van der Waals surface area (Å²) in [6.45, 7) is 3.70. The number of fused-ring (bicyclic) bond motifs is 3. The van der Waals surface area contributed by atoms with Crippen LogP contribution in [0.5, 0.6) is 0 Å². The first-order chi connectivity index (χ1) is 19.5. The molecule has 1 aliphatic carbocycles. The Balaban J connectivity index is 1.23. The molecule has 40 heavy (non-hydrogen) atoms. The normalized spacial score (nSPS) is 19.8. The molecule has 3 aromatic carbocycles. The van der Waals surface area contributed by atoms with Gasteiger partial charge in [0.05, 0.1) is 36.4 Å². The summed E-state index contributed by atoms with van der Waals surface area (Å²) < 4.78 is 21.1. The second-order valence-corrected chi connectivity index (χ2v) is 10.3. The fourth-order valence-corrected chi connectivity index (χ4v) is 5.69. The van der Waals surface area contributed by atoms with E-state index in [4.69, 9.17) is 4.74 Å². The number of Topliss-reactive ketones (excluding diaryl/α,β-unsaturated/α-hetero) is 1. The van der Waals surface area contributed by atoms with Gasteiger partial charge in [-0.15, -0.1) is 0 Å². The van der Waals surface area contributed by atoms with Crippen LogP contribution < -0.4 is 10.6 Å². The summed E-state index contributed by atoms with van der Waals surface area (Å²) in [5.74, 6) is -1.71. The monoisotopic (exact) mass is 535 g/mol. The van der Waals surface area contributed by atoms with Crippen molar-refractivity contribution in [3.8, 4) is 11.1 Å². The van der Waals surface area contributed by atoms with E-state index < -0.39 is 11.7 Å². The Kier molecular flexibility index (Phi) is 7.05. The number of hydrogen-bond donors (Lipinski definition) is 2. The summed E-state index contributed by atoms with van der Waals surface area (Å²) in [5.41, 5.74) is 5.59. The third kappa shape index (κ3) is 4.96. The predicted octanol–water partition coefficient (Wildman–Crippen LogP) is 5.84. The van der Waals surface area contributed by atoms with E-state index >= 15 is 4.39 Å². The van der Waals surface area contributed by atoms with Gasteiger partial charge in [-0.3, -0.25) is 9.59 Å². The maximum absolute atomic E-state index is 15.5. The third-order valence-electron chi connectivity index (χ3n) is 7.72. The minimum atomic E-state index is -0.654. The van der Waals surface area contributed by atoms with Crippen molar-refractivity contribution in [2.45, 2.75) is 19.4 Å². The second-order valence-electron chi connectivity index (χ2n) is 10.3. The van der Waals surface area contributed by atoms with Crippen LogP contribution in [-0.4, -0.2) is 42.4 Å². The molecule has 202 valence electrons. The Hall–Kier alpha value is -4.49. The number of nitrogens with one attached hydrogen (secondary N) is 2. The van der Waals surface area contributed by atoms with Crippen LogP contribution in [0, 0.1) is 18.7 Å². The molecule has 2 aliphatic heterocycles. The van der Waals surface area contributed by atoms with Crippen molar-refractivity contribution in [3.63, 3.8) is 0 Å². The largest absolute Gasteiger partial charge is 0.373 e. The molecule has 2 unspecified atom stereocenters. The predicted molar refractivity (Wildman–Crippen MR) is 153 cm³/mol. The van der Waals surface area contributed by atoms with Crippen LogP contribution >= 0.6 is 0 Å². The summed E-state index contributed by atoms with van der Waals surface area (Å²) in [7, 11) is 0. The SMILES string of the molecule is Cc1ccc(-c2ccccc2C(=O)Nc2ccc(C(=O)C3CC=CC4=CNC=C5COCCN5C43)c(F)c2)cc1. The van der Waals surface area contributed by atoms with Gasteiger partial charge in [0.1, 0.15) is 5.82 Å².